The largest absolute Gasteiger partial charge is 0.506 e. The number of piperazine rings is 1. The van der Waals surface area contributed by atoms with Gasteiger partial charge in [-0.2, -0.15) is 0 Å². The fourth-order valence-corrected chi connectivity index (χ4v) is 4.74. The third-order valence-electron chi connectivity index (χ3n) is 6.97. The summed E-state index contributed by atoms with van der Waals surface area (Å²) in [4.78, 5) is 21.2. The van der Waals surface area contributed by atoms with Crippen molar-refractivity contribution in [3.8, 4) is 34.1 Å². The topological polar surface area (TPSA) is 122 Å². The van der Waals surface area contributed by atoms with Gasteiger partial charge >= 0.3 is 0 Å². The Morgan fingerprint density at radius 1 is 0.854 bits per heavy atom. The Morgan fingerprint density at radius 2 is 1.56 bits per heavy atom. The van der Waals surface area contributed by atoms with Gasteiger partial charge < -0.3 is 29.5 Å². The number of aromatic hydroxyl groups is 1. The summed E-state index contributed by atoms with van der Waals surface area (Å²) in [5, 5.41) is 21.1. The molecule has 0 aliphatic carbocycles. The van der Waals surface area contributed by atoms with E-state index in [1.807, 2.05) is 18.2 Å². The number of ether oxygens (including phenoxy) is 3. The Bertz CT molecular complexity index is 1460. The van der Waals surface area contributed by atoms with Gasteiger partial charge in [-0.1, -0.05) is 0 Å². The van der Waals surface area contributed by atoms with Crippen LogP contribution >= 0.6 is 0 Å². The Kier molecular flexibility index (Phi) is 8.44. The number of pyridine rings is 1. The van der Waals surface area contributed by atoms with Crippen LogP contribution in [0.5, 0.6) is 23.0 Å². The van der Waals surface area contributed by atoms with Crippen molar-refractivity contribution >= 4 is 17.4 Å². The average Bonchev–Trinajstić information content (AvgIpc) is 3.02. The van der Waals surface area contributed by atoms with Crippen LogP contribution in [0, 0.1) is 0 Å². The number of anilines is 2. The molecule has 3 heterocycles. The second kappa shape index (κ2) is 12.5. The normalized spacial score (nSPS) is 13.5. The first-order chi connectivity index (χ1) is 20.0. The highest BCUT2D eigenvalue weighted by Crippen LogP contribution is 2.36. The van der Waals surface area contributed by atoms with Crippen molar-refractivity contribution in [2.45, 2.75) is 6.54 Å². The zero-order valence-electron chi connectivity index (χ0n) is 23.2. The van der Waals surface area contributed by atoms with Crippen LogP contribution in [0.1, 0.15) is 16.1 Å². The molecule has 0 radical (unpaired) electrons. The number of nitrogens with zero attached hydrogens (tertiary/aromatic N) is 5. The van der Waals surface area contributed by atoms with E-state index in [-0.39, 0.29) is 17.4 Å². The van der Waals surface area contributed by atoms with Crippen LogP contribution < -0.4 is 24.4 Å². The SMILES string of the molecule is COc1ccc(NC(=O)c2ccc(N3CCN(Cc4c(OC)cc(-c5cncc(O)c5)cc4OC)CC3)nn2)cc1. The van der Waals surface area contributed by atoms with E-state index in [2.05, 4.69) is 30.3 Å². The summed E-state index contributed by atoms with van der Waals surface area (Å²) in [7, 11) is 4.87. The molecule has 212 valence electrons. The second-order valence-corrected chi connectivity index (χ2v) is 9.51. The molecule has 2 N–H and O–H groups in total. The van der Waals surface area contributed by atoms with Gasteiger partial charge in [-0.25, -0.2) is 0 Å². The minimum atomic E-state index is -0.326. The number of hydrogen-bond acceptors (Lipinski definition) is 10. The Morgan fingerprint density at radius 3 is 2.15 bits per heavy atom. The molecule has 2 aromatic carbocycles. The van der Waals surface area contributed by atoms with Crippen molar-refractivity contribution < 1.29 is 24.1 Å². The van der Waals surface area contributed by atoms with Gasteiger partial charge in [-0.3, -0.25) is 14.7 Å². The maximum Gasteiger partial charge on any atom is 0.276 e. The van der Waals surface area contributed by atoms with E-state index >= 15 is 0 Å². The highest BCUT2D eigenvalue weighted by molar-refractivity contribution is 6.02. The van der Waals surface area contributed by atoms with Gasteiger partial charge in [0.1, 0.15) is 23.0 Å². The summed E-state index contributed by atoms with van der Waals surface area (Å²) in [6.45, 7) is 3.75. The van der Waals surface area contributed by atoms with Crippen LogP contribution in [0.25, 0.3) is 11.1 Å². The summed E-state index contributed by atoms with van der Waals surface area (Å²) in [5.74, 6) is 2.63. The first-order valence-electron chi connectivity index (χ1n) is 13.1. The van der Waals surface area contributed by atoms with Crippen LogP contribution in [0.4, 0.5) is 11.5 Å². The lowest BCUT2D eigenvalue weighted by molar-refractivity contribution is 0.102. The van der Waals surface area contributed by atoms with Crippen LogP contribution in [-0.4, -0.2) is 78.6 Å². The molecule has 0 unspecified atom stereocenters. The number of carbonyl (C=O) groups is 1. The molecule has 1 aliphatic heterocycles. The van der Waals surface area contributed by atoms with Crippen molar-refractivity contribution in [1.82, 2.24) is 20.1 Å². The van der Waals surface area contributed by atoms with Crippen LogP contribution in [-0.2, 0) is 6.54 Å². The number of carbonyl (C=O) groups excluding carboxylic acids is 1. The molecule has 4 aromatic rings. The summed E-state index contributed by atoms with van der Waals surface area (Å²) >= 11 is 0. The van der Waals surface area contributed by atoms with E-state index in [4.69, 9.17) is 14.2 Å². The average molecular weight is 557 g/mol. The van der Waals surface area contributed by atoms with Crippen molar-refractivity contribution in [2.24, 2.45) is 0 Å². The van der Waals surface area contributed by atoms with E-state index in [1.165, 1.54) is 6.20 Å². The van der Waals surface area contributed by atoms with E-state index < -0.39 is 0 Å². The lowest BCUT2D eigenvalue weighted by Gasteiger charge is -2.35. The molecule has 11 nitrogen and oxygen atoms in total. The lowest BCUT2D eigenvalue weighted by Crippen LogP contribution is -2.46. The minimum absolute atomic E-state index is 0.0959. The molecule has 0 saturated carbocycles. The minimum Gasteiger partial charge on any atom is -0.506 e. The Labute approximate surface area is 238 Å². The molecule has 11 heteroatoms. The number of methoxy groups -OCH3 is 3. The van der Waals surface area contributed by atoms with Crippen LogP contribution in [0.3, 0.4) is 0 Å². The second-order valence-electron chi connectivity index (χ2n) is 9.51. The summed E-state index contributed by atoms with van der Waals surface area (Å²) in [6, 6.07) is 16.1. The molecule has 2 aromatic heterocycles. The first-order valence-corrected chi connectivity index (χ1v) is 13.1. The Hall–Kier alpha value is -4.90. The number of hydrogen-bond donors (Lipinski definition) is 2. The van der Waals surface area contributed by atoms with Crippen molar-refractivity contribution in [2.75, 3.05) is 57.7 Å². The fourth-order valence-electron chi connectivity index (χ4n) is 4.74. The highest BCUT2D eigenvalue weighted by atomic mass is 16.5. The summed E-state index contributed by atoms with van der Waals surface area (Å²) < 4.78 is 16.6. The number of rotatable bonds is 9. The number of amides is 1. The zero-order valence-corrected chi connectivity index (χ0v) is 23.2. The number of aromatic nitrogens is 3. The zero-order chi connectivity index (χ0) is 28.8. The molecule has 1 fully saturated rings. The van der Waals surface area contributed by atoms with Gasteiger partial charge in [0, 0.05) is 50.2 Å². The quantitative estimate of drug-likeness (QED) is 0.314. The van der Waals surface area contributed by atoms with Gasteiger partial charge in [-0.05, 0) is 60.2 Å². The fraction of sp³-hybridized carbons (Fsp3) is 0.267. The van der Waals surface area contributed by atoms with Gasteiger partial charge in [0.25, 0.3) is 5.91 Å². The lowest BCUT2D eigenvalue weighted by atomic mass is 10.0. The molecule has 1 aliphatic rings. The monoisotopic (exact) mass is 556 g/mol. The van der Waals surface area contributed by atoms with E-state index in [1.54, 1.807) is 63.9 Å². The molecule has 5 rings (SSSR count). The summed E-state index contributed by atoms with van der Waals surface area (Å²) in [5.41, 5.74) is 3.46. The predicted molar refractivity (Wildman–Crippen MR) is 155 cm³/mol. The van der Waals surface area contributed by atoms with Crippen molar-refractivity contribution in [1.29, 1.82) is 0 Å². The standard InChI is InChI=1S/C30H32N6O5/c1-39-24-6-4-22(5-7-24)32-30(38)26-8-9-29(34-33-26)36-12-10-35(11-13-36)19-25-27(40-2)15-20(16-28(25)41-3)21-14-23(37)18-31-17-21/h4-9,14-18,37H,10-13,19H2,1-3H3,(H,32,38). The van der Waals surface area contributed by atoms with E-state index in [0.717, 1.165) is 48.7 Å². The third-order valence-corrected chi connectivity index (χ3v) is 6.97. The van der Waals surface area contributed by atoms with Crippen molar-refractivity contribution in [3.05, 3.63) is 78.2 Å². The molecule has 0 bridgehead atoms. The maximum atomic E-state index is 12.6. The first kappa shape index (κ1) is 27.7. The van der Waals surface area contributed by atoms with Gasteiger partial charge in [-0.15, -0.1) is 10.2 Å². The molecule has 0 atom stereocenters. The number of benzene rings is 2. The molecule has 41 heavy (non-hydrogen) atoms. The predicted octanol–water partition coefficient (Wildman–Crippen LogP) is 3.84. The maximum absolute atomic E-state index is 12.6. The summed E-state index contributed by atoms with van der Waals surface area (Å²) in [6.07, 6.45) is 3.09. The van der Waals surface area contributed by atoms with Gasteiger partial charge in [0.15, 0.2) is 11.5 Å². The molecule has 0 spiro atoms. The Balaban J connectivity index is 1.20. The van der Waals surface area contributed by atoms with Crippen LogP contribution in [0.15, 0.2) is 67.0 Å². The molecular formula is C30H32N6O5. The van der Waals surface area contributed by atoms with Gasteiger partial charge in [0.05, 0.1) is 33.1 Å². The smallest absolute Gasteiger partial charge is 0.276 e. The van der Waals surface area contributed by atoms with Crippen LogP contribution in [0.2, 0.25) is 0 Å². The van der Waals surface area contributed by atoms with E-state index in [9.17, 15) is 9.90 Å². The highest BCUT2D eigenvalue weighted by Gasteiger charge is 2.23. The van der Waals surface area contributed by atoms with Crippen molar-refractivity contribution in [3.63, 3.8) is 0 Å². The third kappa shape index (κ3) is 6.47. The van der Waals surface area contributed by atoms with E-state index in [0.29, 0.717) is 29.5 Å². The van der Waals surface area contributed by atoms with Gasteiger partial charge in [0.2, 0.25) is 0 Å². The molecule has 1 amide bonds. The molecule has 1 saturated heterocycles. The number of nitrogens with one attached hydrogen (secondary N) is 1. The molecular weight excluding hydrogens is 524 g/mol.